The molecule has 8 nitrogen and oxygen atoms in total. The summed E-state index contributed by atoms with van der Waals surface area (Å²) in [5, 5.41) is 6.69. The van der Waals surface area contributed by atoms with Crippen molar-refractivity contribution < 1.29 is 18.8 Å². The molecular formula is C34H54FN5O3. The first kappa shape index (κ1) is 33.2. The molecule has 0 bridgehead atoms. The molecule has 2 saturated heterocycles. The molecule has 3 aliphatic rings. The van der Waals surface area contributed by atoms with Crippen LogP contribution in [0.3, 0.4) is 0 Å². The number of hydrogen-bond donors (Lipinski definition) is 2. The number of rotatable bonds is 10. The van der Waals surface area contributed by atoms with Crippen LogP contribution in [0.15, 0.2) is 24.3 Å². The molecule has 3 atom stereocenters. The fraction of sp³-hybridized carbons (Fsp3) is 0.735. The monoisotopic (exact) mass is 599 g/mol. The van der Waals surface area contributed by atoms with E-state index in [0.29, 0.717) is 58.0 Å². The van der Waals surface area contributed by atoms with Gasteiger partial charge >= 0.3 is 6.03 Å². The van der Waals surface area contributed by atoms with Gasteiger partial charge in [-0.2, -0.15) is 0 Å². The van der Waals surface area contributed by atoms with Crippen LogP contribution in [-0.2, 0) is 16.0 Å². The molecule has 1 aliphatic carbocycles. The van der Waals surface area contributed by atoms with E-state index in [-0.39, 0.29) is 42.2 Å². The zero-order chi connectivity index (χ0) is 31.0. The number of carbonyl (C=O) groups is 3. The van der Waals surface area contributed by atoms with Crippen molar-refractivity contribution in [3.8, 4) is 0 Å². The van der Waals surface area contributed by atoms with Crippen LogP contribution in [0.1, 0.15) is 91.0 Å². The zero-order valence-corrected chi connectivity index (χ0v) is 26.9. The second-order valence-corrected chi connectivity index (χ2v) is 12.9. The van der Waals surface area contributed by atoms with Gasteiger partial charge in [-0.3, -0.25) is 9.59 Å². The molecule has 0 spiro atoms. The number of hydrogen-bond acceptors (Lipinski definition) is 4. The maximum Gasteiger partial charge on any atom is 0.318 e. The van der Waals surface area contributed by atoms with Gasteiger partial charge < -0.3 is 25.3 Å². The van der Waals surface area contributed by atoms with Crippen LogP contribution < -0.4 is 10.6 Å². The van der Waals surface area contributed by atoms with Crippen molar-refractivity contribution in [3.05, 3.63) is 35.6 Å². The van der Waals surface area contributed by atoms with Crippen molar-refractivity contribution >= 4 is 17.8 Å². The molecule has 2 heterocycles. The normalized spacial score (nSPS) is 23.5. The van der Waals surface area contributed by atoms with Gasteiger partial charge in [0.15, 0.2) is 0 Å². The largest absolute Gasteiger partial charge is 0.343 e. The molecule has 43 heavy (non-hydrogen) atoms. The molecule has 4 amide bonds. The Labute approximate surface area is 258 Å². The van der Waals surface area contributed by atoms with E-state index in [2.05, 4.69) is 24.5 Å². The van der Waals surface area contributed by atoms with Crippen molar-refractivity contribution in [2.24, 2.45) is 11.3 Å². The van der Waals surface area contributed by atoms with Gasteiger partial charge in [0.1, 0.15) is 11.9 Å². The lowest BCUT2D eigenvalue weighted by Crippen LogP contribution is -2.62. The van der Waals surface area contributed by atoms with E-state index >= 15 is 0 Å². The smallest absolute Gasteiger partial charge is 0.318 e. The standard InChI is InChI=1S/C34H54FN5O3/c1-5-28-23-40(24-29(6-2)36-28)33(43)37-30(22-25-14-16-27(35)17-15-25)31(41)39-20-18-34(19-21-39,26-12-10-9-11-13-26)32(42)38(7-3)8-4/h14-17,26,28-30,36H,5-13,18-24H2,1-4H3,(H,37,43)/t28?,29?,30-/m1/s1. The van der Waals surface area contributed by atoms with Gasteiger partial charge in [0, 0.05) is 57.8 Å². The van der Waals surface area contributed by atoms with Crippen LogP contribution in [0.4, 0.5) is 9.18 Å². The summed E-state index contributed by atoms with van der Waals surface area (Å²) in [5.74, 6) is 0.148. The first-order valence-corrected chi connectivity index (χ1v) is 16.9. The number of carbonyl (C=O) groups excluding carboxylic acids is 3. The van der Waals surface area contributed by atoms with E-state index in [1.165, 1.54) is 18.6 Å². The van der Waals surface area contributed by atoms with Gasteiger partial charge in [0.2, 0.25) is 11.8 Å². The maximum absolute atomic E-state index is 14.1. The summed E-state index contributed by atoms with van der Waals surface area (Å²) in [6.07, 6.45) is 9.14. The first-order valence-electron chi connectivity index (χ1n) is 16.9. The molecule has 4 rings (SSSR count). The number of piperidine rings is 1. The molecule has 1 aromatic rings. The predicted octanol–water partition coefficient (Wildman–Crippen LogP) is 4.97. The van der Waals surface area contributed by atoms with Crippen LogP contribution in [0.5, 0.6) is 0 Å². The van der Waals surface area contributed by atoms with E-state index in [1.54, 1.807) is 12.1 Å². The fourth-order valence-corrected chi connectivity index (χ4v) is 7.63. The molecule has 2 aliphatic heterocycles. The van der Waals surface area contributed by atoms with E-state index in [1.807, 2.05) is 28.5 Å². The number of urea groups is 1. The number of halogens is 1. The maximum atomic E-state index is 14.1. The number of likely N-dealkylation sites (tertiary alicyclic amines) is 1. The van der Waals surface area contributed by atoms with Crippen LogP contribution in [0.2, 0.25) is 0 Å². The third-order valence-corrected chi connectivity index (χ3v) is 10.4. The minimum absolute atomic E-state index is 0.126. The Hall–Kier alpha value is -2.68. The quantitative estimate of drug-likeness (QED) is 0.398. The first-order chi connectivity index (χ1) is 20.7. The van der Waals surface area contributed by atoms with E-state index in [9.17, 15) is 18.8 Å². The highest BCUT2D eigenvalue weighted by Gasteiger charge is 2.49. The Bertz CT molecular complexity index is 1050. The van der Waals surface area contributed by atoms with Crippen molar-refractivity contribution in [1.29, 1.82) is 0 Å². The number of piperazine rings is 1. The van der Waals surface area contributed by atoms with Gasteiger partial charge in [-0.1, -0.05) is 45.2 Å². The van der Waals surface area contributed by atoms with Gasteiger partial charge in [0.25, 0.3) is 0 Å². The fourth-order valence-electron chi connectivity index (χ4n) is 7.63. The molecule has 240 valence electrons. The lowest BCUT2D eigenvalue weighted by Gasteiger charge is -2.49. The zero-order valence-electron chi connectivity index (χ0n) is 26.9. The van der Waals surface area contributed by atoms with Crippen molar-refractivity contribution in [2.75, 3.05) is 39.3 Å². The number of benzene rings is 1. The lowest BCUT2D eigenvalue weighted by atomic mass is 9.63. The molecule has 0 radical (unpaired) electrons. The van der Waals surface area contributed by atoms with E-state index in [0.717, 1.165) is 44.1 Å². The average Bonchev–Trinajstić information content (AvgIpc) is 3.05. The van der Waals surface area contributed by atoms with Crippen LogP contribution in [0.25, 0.3) is 0 Å². The Balaban J connectivity index is 1.52. The Morgan fingerprint density at radius 2 is 1.51 bits per heavy atom. The molecule has 3 fully saturated rings. The summed E-state index contributed by atoms with van der Waals surface area (Å²) >= 11 is 0. The second-order valence-electron chi connectivity index (χ2n) is 12.9. The minimum Gasteiger partial charge on any atom is -0.343 e. The highest BCUT2D eigenvalue weighted by atomic mass is 19.1. The molecule has 0 aromatic heterocycles. The van der Waals surface area contributed by atoms with Gasteiger partial charge in [-0.25, -0.2) is 9.18 Å². The highest BCUT2D eigenvalue weighted by Crippen LogP contribution is 2.47. The van der Waals surface area contributed by atoms with Crippen LogP contribution in [0, 0.1) is 17.2 Å². The van der Waals surface area contributed by atoms with Crippen molar-refractivity contribution in [2.45, 2.75) is 110 Å². The third kappa shape index (κ3) is 7.89. The minimum atomic E-state index is -0.770. The second kappa shape index (κ2) is 15.4. The molecular weight excluding hydrogens is 545 g/mol. The highest BCUT2D eigenvalue weighted by molar-refractivity contribution is 5.88. The lowest BCUT2D eigenvalue weighted by molar-refractivity contribution is -0.154. The molecule has 9 heteroatoms. The summed E-state index contributed by atoms with van der Waals surface area (Å²) in [6.45, 7) is 11.9. The van der Waals surface area contributed by atoms with E-state index in [4.69, 9.17) is 0 Å². The molecule has 2 unspecified atom stereocenters. The summed E-state index contributed by atoms with van der Waals surface area (Å²) in [6, 6.07) is 5.58. The van der Waals surface area contributed by atoms with Gasteiger partial charge in [-0.15, -0.1) is 0 Å². The molecule has 2 N–H and O–H groups in total. The topological polar surface area (TPSA) is 85.0 Å². The predicted molar refractivity (Wildman–Crippen MR) is 168 cm³/mol. The molecule has 1 saturated carbocycles. The van der Waals surface area contributed by atoms with E-state index < -0.39 is 11.5 Å². The van der Waals surface area contributed by atoms with Crippen LogP contribution in [-0.4, -0.2) is 89.9 Å². The average molecular weight is 600 g/mol. The van der Waals surface area contributed by atoms with Gasteiger partial charge in [0.05, 0.1) is 5.41 Å². The van der Waals surface area contributed by atoms with Crippen molar-refractivity contribution in [1.82, 2.24) is 25.3 Å². The molecule has 1 aromatic carbocycles. The summed E-state index contributed by atoms with van der Waals surface area (Å²) < 4.78 is 13.7. The summed E-state index contributed by atoms with van der Waals surface area (Å²) in [5.41, 5.74) is 0.368. The summed E-state index contributed by atoms with van der Waals surface area (Å²) in [7, 11) is 0. The number of amides is 4. The van der Waals surface area contributed by atoms with Crippen molar-refractivity contribution in [3.63, 3.8) is 0 Å². The van der Waals surface area contributed by atoms with Crippen LogP contribution >= 0.6 is 0 Å². The Morgan fingerprint density at radius 3 is 2.05 bits per heavy atom. The number of nitrogens with zero attached hydrogens (tertiary/aromatic N) is 3. The Kier molecular flexibility index (Phi) is 11.9. The summed E-state index contributed by atoms with van der Waals surface area (Å²) in [4.78, 5) is 47.4. The SMILES string of the molecule is CCC1CN(C(=O)N[C@H](Cc2ccc(F)cc2)C(=O)N2CCC(C(=O)N(CC)CC)(C3CCCCC3)CC2)CC(CC)N1. The Morgan fingerprint density at radius 1 is 0.930 bits per heavy atom. The third-order valence-electron chi connectivity index (χ3n) is 10.4. The van der Waals surface area contributed by atoms with Gasteiger partial charge in [-0.05, 0) is 76.0 Å². The number of nitrogens with one attached hydrogen (secondary N) is 2.